The van der Waals surface area contributed by atoms with Crippen molar-refractivity contribution in [2.75, 3.05) is 41.4 Å². The third-order valence-electron chi connectivity index (χ3n) is 5.74. The van der Waals surface area contributed by atoms with Crippen molar-refractivity contribution in [2.45, 2.75) is 32.6 Å². The van der Waals surface area contributed by atoms with Gasteiger partial charge in [0.1, 0.15) is 5.75 Å². The van der Waals surface area contributed by atoms with Crippen molar-refractivity contribution in [2.24, 2.45) is 0 Å². The first-order valence-electron chi connectivity index (χ1n) is 10.7. The molecule has 2 heterocycles. The van der Waals surface area contributed by atoms with E-state index in [9.17, 15) is 14.4 Å². The monoisotopic (exact) mass is 421 g/mol. The van der Waals surface area contributed by atoms with Crippen LogP contribution in [0.4, 0.5) is 17.1 Å². The first-order chi connectivity index (χ1) is 15.0. The number of amides is 2. The third kappa shape index (κ3) is 4.87. The maximum absolute atomic E-state index is 12.5. The second-order valence-corrected chi connectivity index (χ2v) is 7.97. The summed E-state index contributed by atoms with van der Waals surface area (Å²) in [7, 11) is 0. The first-order valence-corrected chi connectivity index (χ1v) is 10.7. The molecule has 0 aromatic heterocycles. The van der Waals surface area contributed by atoms with Crippen molar-refractivity contribution in [3.63, 3.8) is 0 Å². The van der Waals surface area contributed by atoms with Crippen molar-refractivity contribution in [3.8, 4) is 5.75 Å². The lowest BCUT2D eigenvalue weighted by Crippen LogP contribution is -2.40. The Morgan fingerprint density at radius 2 is 1.77 bits per heavy atom. The van der Waals surface area contributed by atoms with Gasteiger partial charge in [-0.25, -0.2) is 0 Å². The molecule has 0 atom stereocenters. The number of carbonyl (C=O) groups excluding carboxylic acids is 3. The zero-order valence-corrected chi connectivity index (χ0v) is 17.7. The molecule has 0 spiro atoms. The fourth-order valence-electron chi connectivity index (χ4n) is 4.01. The van der Waals surface area contributed by atoms with E-state index in [-0.39, 0.29) is 37.2 Å². The van der Waals surface area contributed by atoms with Gasteiger partial charge in [0.25, 0.3) is 5.91 Å². The number of hydrogen-bond acceptors (Lipinski definition) is 5. The van der Waals surface area contributed by atoms with Crippen molar-refractivity contribution >= 4 is 34.7 Å². The van der Waals surface area contributed by atoms with Gasteiger partial charge in [0.2, 0.25) is 5.91 Å². The molecule has 0 saturated carbocycles. The minimum atomic E-state index is -0.230. The van der Waals surface area contributed by atoms with Crippen LogP contribution in [0, 0.1) is 0 Å². The SMILES string of the molecule is CC(=O)c1ccc2c(c1)N(CCC(=O)Nc1ccc(N3CCCCC3)cc1)C(=O)CO2. The number of carbonyl (C=O) groups is 3. The fraction of sp³-hybridized carbons (Fsp3) is 0.375. The van der Waals surface area contributed by atoms with Crippen molar-refractivity contribution in [1.29, 1.82) is 0 Å². The molecule has 162 valence electrons. The van der Waals surface area contributed by atoms with Gasteiger partial charge in [-0.05, 0) is 68.7 Å². The molecule has 0 bridgehead atoms. The average Bonchev–Trinajstić information content (AvgIpc) is 2.79. The molecule has 1 saturated heterocycles. The predicted molar refractivity (Wildman–Crippen MR) is 120 cm³/mol. The van der Waals surface area contributed by atoms with Crippen LogP contribution in [0.5, 0.6) is 5.75 Å². The molecule has 1 N–H and O–H groups in total. The van der Waals surface area contributed by atoms with E-state index < -0.39 is 0 Å². The molecule has 0 radical (unpaired) electrons. The second-order valence-electron chi connectivity index (χ2n) is 7.97. The quantitative estimate of drug-likeness (QED) is 0.721. The molecule has 2 aliphatic rings. The predicted octanol–water partition coefficient (Wildman–Crippen LogP) is 3.63. The summed E-state index contributed by atoms with van der Waals surface area (Å²) < 4.78 is 5.46. The molecule has 31 heavy (non-hydrogen) atoms. The molecule has 0 unspecified atom stereocenters. The van der Waals surface area contributed by atoms with Gasteiger partial charge < -0.3 is 19.9 Å². The number of anilines is 3. The van der Waals surface area contributed by atoms with Crippen LogP contribution in [-0.2, 0) is 9.59 Å². The molecule has 2 aromatic rings. The van der Waals surface area contributed by atoms with Crippen LogP contribution in [0.15, 0.2) is 42.5 Å². The van der Waals surface area contributed by atoms with E-state index in [0.717, 1.165) is 18.8 Å². The molecule has 2 amide bonds. The number of nitrogens with zero attached hydrogens (tertiary/aromatic N) is 2. The highest BCUT2D eigenvalue weighted by Crippen LogP contribution is 2.33. The number of piperidine rings is 1. The van der Waals surface area contributed by atoms with E-state index in [1.807, 2.05) is 24.3 Å². The zero-order chi connectivity index (χ0) is 21.8. The van der Waals surface area contributed by atoms with Gasteiger partial charge in [-0.1, -0.05) is 0 Å². The fourth-order valence-corrected chi connectivity index (χ4v) is 4.01. The zero-order valence-electron chi connectivity index (χ0n) is 17.7. The molecule has 7 nitrogen and oxygen atoms in total. The summed E-state index contributed by atoms with van der Waals surface area (Å²) in [5, 5.41) is 2.90. The van der Waals surface area contributed by atoms with E-state index in [1.54, 1.807) is 18.2 Å². The Bertz CT molecular complexity index is 981. The number of Topliss-reactive ketones (excluding diaryl/α,β-unsaturated/α-hetero) is 1. The number of benzene rings is 2. The highest BCUT2D eigenvalue weighted by molar-refractivity contribution is 6.02. The summed E-state index contributed by atoms with van der Waals surface area (Å²) >= 11 is 0. The smallest absolute Gasteiger partial charge is 0.265 e. The second kappa shape index (κ2) is 9.20. The van der Waals surface area contributed by atoms with Crippen LogP contribution in [0.2, 0.25) is 0 Å². The van der Waals surface area contributed by atoms with E-state index in [2.05, 4.69) is 10.2 Å². The molecule has 2 aliphatic heterocycles. The van der Waals surface area contributed by atoms with Gasteiger partial charge in [-0.2, -0.15) is 0 Å². The molecule has 1 fully saturated rings. The standard InChI is InChI=1S/C24H27N3O4/c1-17(28)18-5-10-22-21(15-18)27(24(30)16-31-22)14-11-23(29)25-19-6-8-20(9-7-19)26-12-3-2-4-13-26/h5-10,15H,2-4,11-14,16H2,1H3,(H,25,29). The van der Waals surface area contributed by atoms with Crippen molar-refractivity contribution < 1.29 is 19.1 Å². The van der Waals surface area contributed by atoms with Gasteiger partial charge in [-0.3, -0.25) is 14.4 Å². The lowest BCUT2D eigenvalue weighted by molar-refractivity contribution is -0.121. The Kier molecular flexibility index (Phi) is 6.21. The number of ketones is 1. The van der Waals surface area contributed by atoms with E-state index >= 15 is 0 Å². The maximum Gasteiger partial charge on any atom is 0.265 e. The van der Waals surface area contributed by atoms with Gasteiger partial charge in [0.05, 0.1) is 5.69 Å². The third-order valence-corrected chi connectivity index (χ3v) is 5.74. The number of hydrogen-bond donors (Lipinski definition) is 1. The van der Waals surface area contributed by atoms with Crippen LogP contribution in [0.3, 0.4) is 0 Å². The van der Waals surface area contributed by atoms with Crippen molar-refractivity contribution in [1.82, 2.24) is 0 Å². The van der Waals surface area contributed by atoms with Crippen LogP contribution >= 0.6 is 0 Å². The number of ether oxygens (including phenoxy) is 1. The molecule has 0 aliphatic carbocycles. The number of rotatable bonds is 6. The van der Waals surface area contributed by atoms with Gasteiger partial charge in [0.15, 0.2) is 12.4 Å². The lowest BCUT2D eigenvalue weighted by atomic mass is 10.1. The summed E-state index contributed by atoms with van der Waals surface area (Å²) in [6, 6.07) is 12.9. The molecule has 2 aromatic carbocycles. The van der Waals surface area contributed by atoms with Crippen LogP contribution in [0.25, 0.3) is 0 Å². The highest BCUT2D eigenvalue weighted by atomic mass is 16.5. The number of fused-ring (bicyclic) bond motifs is 1. The lowest BCUT2D eigenvalue weighted by Gasteiger charge is -2.29. The Morgan fingerprint density at radius 3 is 2.48 bits per heavy atom. The summed E-state index contributed by atoms with van der Waals surface area (Å²) in [6.45, 7) is 3.76. The van der Waals surface area contributed by atoms with Gasteiger partial charge in [0, 0.05) is 43.0 Å². The largest absolute Gasteiger partial charge is 0.482 e. The Balaban J connectivity index is 1.37. The molecule has 7 heteroatoms. The minimum Gasteiger partial charge on any atom is -0.482 e. The molecular formula is C24H27N3O4. The summed E-state index contributed by atoms with van der Waals surface area (Å²) in [5.41, 5.74) is 2.94. The average molecular weight is 421 g/mol. The van der Waals surface area contributed by atoms with E-state index in [1.165, 1.54) is 36.8 Å². The molecular weight excluding hydrogens is 394 g/mol. The van der Waals surface area contributed by atoms with E-state index in [4.69, 9.17) is 4.74 Å². The summed E-state index contributed by atoms with van der Waals surface area (Å²) in [5.74, 6) is 0.0472. The maximum atomic E-state index is 12.5. The summed E-state index contributed by atoms with van der Waals surface area (Å²) in [4.78, 5) is 40.5. The molecule has 4 rings (SSSR count). The van der Waals surface area contributed by atoms with Crippen molar-refractivity contribution in [3.05, 3.63) is 48.0 Å². The first kappa shape index (κ1) is 20.9. The Labute approximate surface area is 182 Å². The van der Waals surface area contributed by atoms with Crippen LogP contribution in [-0.4, -0.2) is 43.8 Å². The van der Waals surface area contributed by atoms with E-state index in [0.29, 0.717) is 17.0 Å². The van der Waals surface area contributed by atoms with Crippen LogP contribution in [0.1, 0.15) is 43.0 Å². The minimum absolute atomic E-state index is 0.0774. The van der Waals surface area contributed by atoms with Gasteiger partial charge in [-0.15, -0.1) is 0 Å². The Hall–Kier alpha value is -3.35. The normalized spacial score (nSPS) is 15.8. The summed E-state index contributed by atoms with van der Waals surface area (Å²) in [6.07, 6.45) is 3.87. The number of nitrogens with one attached hydrogen (secondary N) is 1. The Morgan fingerprint density at radius 1 is 1.03 bits per heavy atom. The highest BCUT2D eigenvalue weighted by Gasteiger charge is 2.26. The van der Waals surface area contributed by atoms with Gasteiger partial charge >= 0.3 is 0 Å². The van der Waals surface area contributed by atoms with Crippen LogP contribution < -0.4 is 19.9 Å². The topological polar surface area (TPSA) is 79.0 Å².